The molecule has 0 aromatic carbocycles. The third-order valence-corrected chi connectivity index (χ3v) is 0. The molecular weight excluding hydrogens is 237 g/mol. The first-order chi connectivity index (χ1) is 0. The molecule has 6 heavy (non-hydrogen) atoms. The Kier molecular flexibility index (Phi) is 4480. The van der Waals surface area contributed by atoms with Crippen molar-refractivity contribution in [2.75, 3.05) is 0 Å². The van der Waals surface area contributed by atoms with E-state index >= 15 is 0 Å². The van der Waals surface area contributed by atoms with Crippen molar-refractivity contribution in [2.24, 2.45) is 0 Å². The Bertz CT molecular complexity index is 3.90. The minimum Gasteiger partial charge on any atom is -2.00 e. The summed E-state index contributed by atoms with van der Waals surface area (Å²) in [5.74, 6) is 0. The first-order valence-corrected chi connectivity index (χ1v) is 0. The van der Waals surface area contributed by atoms with E-state index in [0.29, 0.717) is 0 Å². The normalized spacial score (nSPS) is 0. The van der Waals surface area contributed by atoms with Gasteiger partial charge in [-0.25, -0.2) is 0 Å². The van der Waals surface area contributed by atoms with Crippen molar-refractivity contribution in [3.05, 3.63) is 0 Å². The third kappa shape index (κ3) is 68.9. The summed E-state index contributed by atoms with van der Waals surface area (Å²) in [5.41, 5.74) is 0. The van der Waals surface area contributed by atoms with E-state index < -0.39 is 0 Å². The molecule has 0 bridgehead atoms. The van der Waals surface area contributed by atoms with E-state index in [0.717, 1.165) is 0 Å². The van der Waals surface area contributed by atoms with Gasteiger partial charge in [0, 0.05) is 0 Å². The minimum absolute atomic E-state index is 0. The summed E-state index contributed by atoms with van der Waals surface area (Å²) < 4.78 is 0. The fourth-order valence-corrected chi connectivity index (χ4v) is 0. The summed E-state index contributed by atoms with van der Waals surface area (Å²) in [4.78, 5) is 0. The average molecular weight is 237 g/mol. The van der Waals surface area contributed by atoms with Crippen LogP contribution in [0.25, 0.3) is 0 Å². The van der Waals surface area contributed by atoms with Crippen LogP contribution in [0.5, 0.6) is 0 Å². The van der Waals surface area contributed by atoms with E-state index in [1.807, 2.05) is 0 Å². The van der Waals surface area contributed by atoms with Gasteiger partial charge in [0.15, 0.2) is 0 Å². The van der Waals surface area contributed by atoms with Gasteiger partial charge in [0.05, 0.1) is 0 Å². The van der Waals surface area contributed by atoms with Crippen LogP contribution in [0.3, 0.4) is 0 Å². The van der Waals surface area contributed by atoms with Crippen LogP contribution in [0.4, 0.5) is 0 Å². The van der Waals surface area contributed by atoms with Crippen molar-refractivity contribution >= 4 is 0 Å². The van der Waals surface area contributed by atoms with Crippen LogP contribution in [0.15, 0.2) is 0 Å². The van der Waals surface area contributed by atoms with Gasteiger partial charge in [-0.2, -0.15) is 0 Å². The first-order valence-electron chi connectivity index (χ1n) is 0. The van der Waals surface area contributed by atoms with Gasteiger partial charge in [0.25, 0.3) is 0 Å². The maximum absolute atomic E-state index is 0. The van der Waals surface area contributed by atoms with Crippen LogP contribution in [-0.4, -0.2) is 0 Å². The summed E-state index contributed by atoms with van der Waals surface area (Å²) in [7, 11) is 0. The predicted octanol–water partition coefficient (Wildman–Crippen LogP) is -0.594. The van der Waals surface area contributed by atoms with Crippen molar-refractivity contribution in [1.29, 1.82) is 0 Å². The topological polar surface area (TPSA) is 142 Å². The molecule has 0 heterocycles. The van der Waals surface area contributed by atoms with E-state index in [1.54, 1.807) is 0 Å². The Morgan fingerprint density at radius 2 is 0.333 bits per heavy atom. The Hall–Kier alpha value is 1.12. The van der Waals surface area contributed by atoms with E-state index in [9.17, 15) is 0 Å². The molecule has 0 atom stereocenters. The van der Waals surface area contributed by atoms with Gasteiger partial charge in [0.2, 0.25) is 0 Å². The van der Waals surface area contributed by atoms with Crippen LogP contribution >= 0.6 is 0 Å². The van der Waals surface area contributed by atoms with Crippen molar-refractivity contribution in [3.8, 4) is 0 Å². The van der Waals surface area contributed by atoms with Crippen LogP contribution in [0.2, 0.25) is 0 Å². The second-order valence-corrected chi connectivity index (χ2v) is 0. The maximum Gasteiger partial charge on any atom is 3.00 e. The summed E-state index contributed by atoms with van der Waals surface area (Å²) in [5, 5.41) is 0. The molecule has 0 aromatic rings. The average Bonchev–Trinajstić information content (AvgIpc) is 0. The quantitative estimate of drug-likeness (QED) is 0.530. The first kappa shape index (κ1) is 211. The second-order valence-electron chi connectivity index (χ2n) is 0. The Morgan fingerprint density at radius 1 is 0.333 bits per heavy atom. The van der Waals surface area contributed by atoms with Crippen molar-refractivity contribution in [2.45, 2.75) is 0 Å². The summed E-state index contributed by atoms with van der Waals surface area (Å²) >= 11 is 0. The maximum atomic E-state index is 0. The molecule has 0 unspecified atom stereocenters. The van der Waals surface area contributed by atoms with E-state index in [2.05, 4.69) is 0 Å². The molecule has 5 nitrogen and oxygen atoms in total. The van der Waals surface area contributed by atoms with E-state index in [-0.39, 0.29) is 67.3 Å². The fourth-order valence-electron chi connectivity index (χ4n) is 0. The minimum atomic E-state index is 0. The molecule has 6 heteroatoms. The van der Waals surface area contributed by atoms with Crippen LogP contribution in [-0.2, 0) is 27.4 Å². The standard InChI is InChI=1S/Gd.5O/q+3;5*-2. The van der Waals surface area contributed by atoms with Gasteiger partial charge in [0.1, 0.15) is 0 Å². The summed E-state index contributed by atoms with van der Waals surface area (Å²) in [6.07, 6.45) is 0. The third-order valence-electron chi connectivity index (χ3n) is 0. The molecule has 0 aliphatic carbocycles. The molecule has 0 saturated heterocycles. The molecule has 0 aromatic heterocycles. The van der Waals surface area contributed by atoms with E-state index in [4.69, 9.17) is 0 Å². The van der Waals surface area contributed by atoms with Crippen molar-refractivity contribution < 1.29 is 67.3 Å². The zero-order valence-electron chi connectivity index (χ0n) is 2.39. The number of rotatable bonds is 0. The largest absolute Gasteiger partial charge is 3.00 e. The zero-order valence-corrected chi connectivity index (χ0v) is 4.66. The Labute approximate surface area is 67.0 Å². The molecule has 0 spiro atoms. The SMILES string of the molecule is [Gd+3].[O-2].[O-2].[O-2].[O-2].[O-2]. The molecule has 0 rings (SSSR count). The van der Waals surface area contributed by atoms with E-state index in [1.165, 1.54) is 0 Å². The second kappa shape index (κ2) is 127. The Balaban J connectivity index is 0. The smallest absolute Gasteiger partial charge is 2.00 e. The van der Waals surface area contributed by atoms with Gasteiger partial charge >= 0.3 is 39.9 Å². The van der Waals surface area contributed by atoms with Gasteiger partial charge in [-0.1, -0.05) is 0 Å². The van der Waals surface area contributed by atoms with Gasteiger partial charge < -0.3 is 27.4 Å². The number of hydrogen-bond acceptors (Lipinski definition) is 0. The molecule has 0 fully saturated rings. The summed E-state index contributed by atoms with van der Waals surface area (Å²) in [6, 6.07) is 0. The predicted molar refractivity (Wildman–Crippen MR) is 3.43 cm³/mol. The van der Waals surface area contributed by atoms with Gasteiger partial charge in [-0.15, -0.1) is 0 Å². The van der Waals surface area contributed by atoms with Gasteiger partial charge in [-0.3, -0.25) is 0 Å². The zero-order chi connectivity index (χ0) is 0. The molecule has 0 saturated carbocycles. The molecule has 1 radical (unpaired) electrons. The monoisotopic (exact) mass is 238 g/mol. The van der Waals surface area contributed by atoms with Crippen LogP contribution in [0, 0.1) is 39.9 Å². The molecular formula is GdO5-7. The van der Waals surface area contributed by atoms with Crippen LogP contribution in [0.1, 0.15) is 0 Å². The molecule has 0 amide bonds. The van der Waals surface area contributed by atoms with Gasteiger partial charge in [-0.05, 0) is 0 Å². The molecule has 0 aliphatic rings. The molecule has 0 aliphatic heterocycles. The fraction of sp³-hybridized carbons (Fsp3) is 0. The molecule has 45 valence electrons. The van der Waals surface area contributed by atoms with Crippen LogP contribution < -0.4 is 0 Å². The van der Waals surface area contributed by atoms with Crippen molar-refractivity contribution in [3.63, 3.8) is 0 Å². The number of hydrogen-bond donors (Lipinski definition) is 0. The summed E-state index contributed by atoms with van der Waals surface area (Å²) in [6.45, 7) is 0. The Morgan fingerprint density at radius 3 is 0.333 bits per heavy atom. The van der Waals surface area contributed by atoms with Crippen molar-refractivity contribution in [1.82, 2.24) is 0 Å². The molecule has 0 N–H and O–H groups in total.